The van der Waals surface area contributed by atoms with E-state index in [4.69, 9.17) is 0 Å². The Morgan fingerprint density at radius 2 is 0.833 bits per heavy atom. The Bertz CT molecular complexity index is 196. The molecular formula is C24H49. The smallest absolute Gasteiger partial charge is 0.0210 e. The molecule has 0 nitrogen and oxygen atoms in total. The molecule has 0 aromatic carbocycles. The SMILES string of the molecule is CCCCCC[C](CCCCC)C(CCCCC)CCCCCC. The molecule has 24 heavy (non-hydrogen) atoms. The lowest BCUT2D eigenvalue weighted by Gasteiger charge is -2.27. The van der Waals surface area contributed by atoms with Gasteiger partial charge in [-0.1, -0.05) is 118 Å². The first-order valence-electron chi connectivity index (χ1n) is 11.6. The Labute approximate surface area is 155 Å². The van der Waals surface area contributed by atoms with Gasteiger partial charge in [0, 0.05) is 0 Å². The number of hydrogen-bond donors (Lipinski definition) is 0. The van der Waals surface area contributed by atoms with Gasteiger partial charge in [-0.2, -0.15) is 0 Å². The lowest BCUT2D eigenvalue weighted by Crippen LogP contribution is -2.14. The highest BCUT2D eigenvalue weighted by Crippen LogP contribution is 2.34. The summed E-state index contributed by atoms with van der Waals surface area (Å²) in [6.45, 7) is 9.33. The van der Waals surface area contributed by atoms with Crippen molar-refractivity contribution in [3.05, 3.63) is 5.92 Å². The van der Waals surface area contributed by atoms with Gasteiger partial charge in [0.2, 0.25) is 0 Å². The molecule has 0 bridgehead atoms. The van der Waals surface area contributed by atoms with Crippen LogP contribution < -0.4 is 0 Å². The van der Waals surface area contributed by atoms with Crippen LogP contribution in [0.15, 0.2) is 0 Å². The lowest BCUT2D eigenvalue weighted by molar-refractivity contribution is 0.376. The maximum atomic E-state index is 2.34. The third-order valence-electron chi connectivity index (χ3n) is 5.59. The Kier molecular flexibility index (Phi) is 19.3. The Morgan fingerprint density at radius 3 is 1.38 bits per heavy atom. The molecule has 0 N–H and O–H groups in total. The van der Waals surface area contributed by atoms with Crippen LogP contribution in [0.2, 0.25) is 0 Å². The van der Waals surface area contributed by atoms with Crippen LogP contribution in [0.3, 0.4) is 0 Å². The van der Waals surface area contributed by atoms with E-state index in [9.17, 15) is 0 Å². The number of rotatable bonds is 19. The summed E-state index contributed by atoms with van der Waals surface area (Å²) in [6.07, 6.45) is 25.8. The van der Waals surface area contributed by atoms with Gasteiger partial charge in [-0.25, -0.2) is 0 Å². The highest BCUT2D eigenvalue weighted by molar-refractivity contribution is 4.96. The Hall–Kier alpha value is 0. The molecule has 0 aliphatic heterocycles. The summed E-state index contributed by atoms with van der Waals surface area (Å²) in [5.41, 5.74) is 0. The van der Waals surface area contributed by atoms with Crippen LogP contribution in [0.5, 0.6) is 0 Å². The van der Waals surface area contributed by atoms with Crippen molar-refractivity contribution in [3.63, 3.8) is 0 Å². The summed E-state index contributed by atoms with van der Waals surface area (Å²) >= 11 is 0. The molecular weight excluding hydrogens is 288 g/mol. The quantitative estimate of drug-likeness (QED) is 0.206. The topological polar surface area (TPSA) is 0 Å². The molecule has 0 heteroatoms. The average molecular weight is 338 g/mol. The molecule has 1 radical (unpaired) electrons. The van der Waals surface area contributed by atoms with E-state index in [0.29, 0.717) is 0 Å². The van der Waals surface area contributed by atoms with E-state index >= 15 is 0 Å². The van der Waals surface area contributed by atoms with E-state index in [1.165, 1.54) is 116 Å². The van der Waals surface area contributed by atoms with E-state index in [1.54, 1.807) is 0 Å². The normalized spacial score (nSPS) is 12.9. The van der Waals surface area contributed by atoms with Gasteiger partial charge in [-0.3, -0.25) is 0 Å². The van der Waals surface area contributed by atoms with Crippen LogP contribution in [0, 0.1) is 11.8 Å². The maximum absolute atomic E-state index is 2.34. The van der Waals surface area contributed by atoms with E-state index in [1.807, 2.05) is 5.92 Å². The first-order chi connectivity index (χ1) is 11.8. The largest absolute Gasteiger partial charge is 0.0654 e. The molecule has 0 aliphatic carbocycles. The third kappa shape index (κ3) is 14.4. The second kappa shape index (κ2) is 19.3. The summed E-state index contributed by atoms with van der Waals surface area (Å²) in [6, 6.07) is 0. The van der Waals surface area contributed by atoms with E-state index in [0.717, 1.165) is 5.92 Å². The first kappa shape index (κ1) is 24.0. The summed E-state index contributed by atoms with van der Waals surface area (Å²) in [4.78, 5) is 0. The zero-order chi connectivity index (χ0) is 17.9. The lowest BCUT2D eigenvalue weighted by atomic mass is 9.78. The number of unbranched alkanes of at least 4 members (excludes halogenated alkanes) is 10. The predicted molar refractivity (Wildman–Crippen MR) is 113 cm³/mol. The molecule has 0 saturated heterocycles. The summed E-state index contributed by atoms with van der Waals surface area (Å²) in [5, 5.41) is 0. The minimum atomic E-state index is 0.951. The second-order valence-electron chi connectivity index (χ2n) is 7.97. The monoisotopic (exact) mass is 337 g/mol. The molecule has 0 saturated carbocycles. The molecule has 0 fully saturated rings. The van der Waals surface area contributed by atoms with Crippen molar-refractivity contribution >= 4 is 0 Å². The van der Waals surface area contributed by atoms with Gasteiger partial charge < -0.3 is 0 Å². The summed E-state index contributed by atoms with van der Waals surface area (Å²) in [7, 11) is 0. The highest BCUT2D eigenvalue weighted by atomic mass is 14.3. The minimum absolute atomic E-state index is 0.951. The maximum Gasteiger partial charge on any atom is -0.0210 e. The minimum Gasteiger partial charge on any atom is -0.0654 e. The molecule has 0 aliphatic rings. The van der Waals surface area contributed by atoms with Crippen LogP contribution in [-0.4, -0.2) is 0 Å². The first-order valence-corrected chi connectivity index (χ1v) is 11.6. The van der Waals surface area contributed by atoms with Crippen LogP contribution in [0.25, 0.3) is 0 Å². The van der Waals surface area contributed by atoms with Gasteiger partial charge in [0.05, 0.1) is 0 Å². The average Bonchev–Trinajstić information content (AvgIpc) is 2.59. The van der Waals surface area contributed by atoms with Gasteiger partial charge >= 0.3 is 0 Å². The molecule has 0 amide bonds. The van der Waals surface area contributed by atoms with E-state index in [-0.39, 0.29) is 0 Å². The molecule has 1 atom stereocenters. The van der Waals surface area contributed by atoms with E-state index < -0.39 is 0 Å². The zero-order valence-electron chi connectivity index (χ0n) is 17.8. The van der Waals surface area contributed by atoms with Crippen molar-refractivity contribution in [3.8, 4) is 0 Å². The summed E-state index contributed by atoms with van der Waals surface area (Å²) < 4.78 is 0. The fraction of sp³-hybridized carbons (Fsp3) is 0.958. The fourth-order valence-corrected chi connectivity index (χ4v) is 3.92. The molecule has 0 aromatic heterocycles. The van der Waals surface area contributed by atoms with Crippen molar-refractivity contribution in [1.82, 2.24) is 0 Å². The van der Waals surface area contributed by atoms with Crippen molar-refractivity contribution in [2.45, 2.75) is 143 Å². The van der Waals surface area contributed by atoms with Crippen molar-refractivity contribution < 1.29 is 0 Å². The van der Waals surface area contributed by atoms with E-state index in [2.05, 4.69) is 27.7 Å². The van der Waals surface area contributed by atoms with Gasteiger partial charge in [-0.05, 0) is 37.5 Å². The third-order valence-corrected chi connectivity index (χ3v) is 5.59. The Morgan fingerprint density at radius 1 is 0.458 bits per heavy atom. The van der Waals surface area contributed by atoms with Gasteiger partial charge in [0.25, 0.3) is 0 Å². The molecule has 0 heterocycles. The zero-order valence-corrected chi connectivity index (χ0v) is 17.8. The molecule has 0 rings (SSSR count). The van der Waals surface area contributed by atoms with Gasteiger partial charge in [0.1, 0.15) is 0 Å². The van der Waals surface area contributed by atoms with Crippen LogP contribution >= 0.6 is 0 Å². The van der Waals surface area contributed by atoms with Crippen molar-refractivity contribution in [2.24, 2.45) is 5.92 Å². The molecule has 1 unspecified atom stereocenters. The van der Waals surface area contributed by atoms with Crippen molar-refractivity contribution in [1.29, 1.82) is 0 Å². The standard InChI is InChI=1S/C24H49/c1-5-9-13-17-21-23(19-15-11-7-3)24(20-16-12-8-4)22-18-14-10-6-2/h23H,5-22H2,1-4H3. The highest BCUT2D eigenvalue weighted by Gasteiger charge is 2.20. The van der Waals surface area contributed by atoms with Crippen LogP contribution in [-0.2, 0) is 0 Å². The molecule has 0 spiro atoms. The van der Waals surface area contributed by atoms with Crippen LogP contribution in [0.4, 0.5) is 0 Å². The molecule has 145 valence electrons. The molecule has 0 aromatic rings. The van der Waals surface area contributed by atoms with Gasteiger partial charge in [0.15, 0.2) is 0 Å². The summed E-state index contributed by atoms with van der Waals surface area (Å²) in [5.74, 6) is 2.92. The number of hydrogen-bond acceptors (Lipinski definition) is 0. The van der Waals surface area contributed by atoms with Crippen LogP contribution in [0.1, 0.15) is 143 Å². The fourth-order valence-electron chi connectivity index (χ4n) is 3.92. The second-order valence-corrected chi connectivity index (χ2v) is 7.97. The van der Waals surface area contributed by atoms with Crippen molar-refractivity contribution in [2.75, 3.05) is 0 Å². The predicted octanol–water partition coefficient (Wildman–Crippen LogP) is 9.28. The Balaban J connectivity index is 4.45. The van der Waals surface area contributed by atoms with Gasteiger partial charge in [-0.15, -0.1) is 0 Å².